The van der Waals surface area contributed by atoms with Crippen LogP contribution in [0.2, 0.25) is 0 Å². The van der Waals surface area contributed by atoms with Crippen molar-refractivity contribution in [2.45, 2.75) is 134 Å². The summed E-state index contributed by atoms with van der Waals surface area (Å²) in [5, 5.41) is 0.735. The third-order valence-electron chi connectivity index (χ3n) is 9.75. The normalized spacial score (nSPS) is 27.9. The molecule has 2 aliphatic heterocycles. The summed E-state index contributed by atoms with van der Waals surface area (Å²) in [5.41, 5.74) is 0.965. The summed E-state index contributed by atoms with van der Waals surface area (Å²) in [7, 11) is -2.66. The van der Waals surface area contributed by atoms with Gasteiger partial charge in [0.2, 0.25) is 0 Å². The second-order valence-electron chi connectivity index (χ2n) is 13.8. The van der Waals surface area contributed by atoms with Gasteiger partial charge in [-0.25, -0.2) is 0 Å². The van der Waals surface area contributed by atoms with Crippen LogP contribution in [-0.2, 0) is 42.8 Å². The molecule has 3 aliphatic rings. The Hall–Kier alpha value is -2.05. The first-order valence-electron chi connectivity index (χ1n) is 18.3. The smallest absolute Gasteiger partial charge is 0.305 e. The first-order chi connectivity index (χ1) is 24.1. The molecule has 1 saturated carbocycles. The number of hydrogen-bond acceptors (Lipinski definition) is 9. The van der Waals surface area contributed by atoms with Crippen LogP contribution in [0.25, 0.3) is 0 Å². The molecule has 8 atom stereocenters. The van der Waals surface area contributed by atoms with Crippen LogP contribution in [0, 0.1) is 24.7 Å². The molecule has 9 nitrogen and oxygen atoms in total. The highest BCUT2D eigenvalue weighted by Crippen LogP contribution is 2.42. The highest BCUT2D eigenvalue weighted by molar-refractivity contribution is 7.86. The van der Waals surface area contributed by atoms with Crippen LogP contribution in [0.4, 0.5) is 0 Å². The molecule has 2 saturated heterocycles. The van der Waals surface area contributed by atoms with Crippen LogP contribution in [0.5, 0.6) is 0 Å². The lowest BCUT2D eigenvalue weighted by Crippen LogP contribution is -2.32. The van der Waals surface area contributed by atoms with E-state index in [1.807, 2.05) is 26.0 Å². The average molecular weight is 737 g/mol. The fourth-order valence-electron chi connectivity index (χ4n) is 6.77. The molecular weight excluding hydrogens is 680 g/mol. The minimum absolute atomic E-state index is 0.107. The van der Waals surface area contributed by atoms with Crippen molar-refractivity contribution >= 4 is 27.7 Å². The molecule has 3 unspecified atom stereocenters. The lowest BCUT2D eigenvalue weighted by atomic mass is 9.88. The van der Waals surface area contributed by atoms with Gasteiger partial charge in [-0.1, -0.05) is 66.6 Å². The fourth-order valence-corrected chi connectivity index (χ4v) is 7.99. The minimum Gasteiger partial charge on any atom is -0.469 e. The monoisotopic (exact) mass is 736 g/mol. The van der Waals surface area contributed by atoms with Gasteiger partial charge in [0.25, 0.3) is 10.1 Å². The van der Waals surface area contributed by atoms with Crippen molar-refractivity contribution in [1.29, 1.82) is 0 Å². The first kappa shape index (κ1) is 40.7. The molecular formula is C39H57ClO9S. The first-order valence-corrected chi connectivity index (χ1v) is 20.1. The topological polar surface area (TPSA) is 107 Å². The van der Waals surface area contributed by atoms with Crippen molar-refractivity contribution in [1.82, 2.24) is 0 Å². The van der Waals surface area contributed by atoms with Crippen LogP contribution >= 0.6 is 11.6 Å². The van der Waals surface area contributed by atoms with E-state index in [9.17, 15) is 13.2 Å². The number of aryl methyl sites for hydroxylation is 1. The van der Waals surface area contributed by atoms with Gasteiger partial charge in [0, 0.05) is 37.0 Å². The molecule has 0 aromatic heterocycles. The molecule has 0 amide bonds. The largest absolute Gasteiger partial charge is 0.469 e. The average Bonchev–Trinajstić information content (AvgIpc) is 3.41. The number of methoxy groups -OCH3 is 1. The van der Waals surface area contributed by atoms with Crippen molar-refractivity contribution < 1.29 is 41.1 Å². The van der Waals surface area contributed by atoms with Crippen LogP contribution in [0.3, 0.4) is 0 Å². The highest BCUT2D eigenvalue weighted by atomic mass is 35.5. The number of halogens is 1. The summed E-state index contributed by atoms with van der Waals surface area (Å²) in [6.07, 6.45) is 17.6. The molecule has 1 aromatic carbocycles. The van der Waals surface area contributed by atoms with E-state index in [0.29, 0.717) is 45.3 Å². The number of rotatable bonds is 18. The Morgan fingerprint density at radius 3 is 2.36 bits per heavy atom. The molecule has 1 aliphatic carbocycles. The van der Waals surface area contributed by atoms with Crippen molar-refractivity contribution in [3.63, 3.8) is 0 Å². The van der Waals surface area contributed by atoms with Gasteiger partial charge in [-0.3, -0.25) is 8.98 Å². The van der Waals surface area contributed by atoms with Crippen LogP contribution < -0.4 is 0 Å². The van der Waals surface area contributed by atoms with E-state index in [0.717, 1.165) is 55.5 Å². The summed E-state index contributed by atoms with van der Waals surface area (Å²) in [6.45, 7) is 7.25. The number of ether oxygens (including phenoxy) is 5. The Morgan fingerprint density at radius 2 is 1.72 bits per heavy atom. The lowest BCUT2D eigenvalue weighted by molar-refractivity contribution is -0.193. The predicted molar refractivity (Wildman–Crippen MR) is 194 cm³/mol. The Morgan fingerprint density at radius 1 is 1.02 bits per heavy atom. The van der Waals surface area contributed by atoms with Crippen molar-refractivity contribution in [3.05, 3.63) is 65.2 Å². The molecule has 280 valence electrons. The molecule has 0 N–H and O–H groups in total. The van der Waals surface area contributed by atoms with E-state index in [1.165, 1.54) is 7.11 Å². The van der Waals surface area contributed by atoms with E-state index >= 15 is 0 Å². The molecule has 2 heterocycles. The summed E-state index contributed by atoms with van der Waals surface area (Å²) < 4.78 is 63.3. The van der Waals surface area contributed by atoms with Crippen molar-refractivity contribution in [2.75, 3.05) is 20.3 Å². The van der Waals surface area contributed by atoms with Gasteiger partial charge in [0.1, 0.15) is 0 Å². The maximum absolute atomic E-state index is 13.6. The second-order valence-corrected chi connectivity index (χ2v) is 16.0. The SMILES string of the molecule is COC(=O)CCC/C=C\C[C@@H]1[C@@H](/C=C/[C@@H](OC2CCCCO2)C(C)C/C=C(/C)Cl)[C@H](OC2CCCCO2)C[C@@H]1OS(=O)(=O)c1ccc(C)cc1. The lowest BCUT2D eigenvalue weighted by Gasteiger charge is -2.31. The Balaban J connectivity index is 1.63. The number of esters is 1. The second kappa shape index (κ2) is 20.9. The maximum Gasteiger partial charge on any atom is 0.305 e. The number of allylic oxidation sites excluding steroid dienone is 4. The van der Waals surface area contributed by atoms with Crippen molar-refractivity contribution in [2.24, 2.45) is 17.8 Å². The highest BCUT2D eigenvalue weighted by Gasteiger charge is 2.46. The summed E-state index contributed by atoms with van der Waals surface area (Å²) >= 11 is 6.21. The van der Waals surface area contributed by atoms with E-state index in [2.05, 4.69) is 25.2 Å². The molecule has 0 bridgehead atoms. The van der Waals surface area contributed by atoms with Crippen LogP contribution in [-0.4, -0.2) is 65.6 Å². The number of carbonyl (C=O) groups excluding carboxylic acids is 1. The minimum atomic E-state index is -4.05. The molecule has 0 radical (unpaired) electrons. The third-order valence-corrected chi connectivity index (χ3v) is 11.3. The van der Waals surface area contributed by atoms with Gasteiger partial charge >= 0.3 is 5.97 Å². The Labute approximate surface area is 304 Å². The zero-order valence-electron chi connectivity index (χ0n) is 30.2. The van der Waals surface area contributed by atoms with Gasteiger partial charge in [0.15, 0.2) is 12.6 Å². The van der Waals surface area contributed by atoms with E-state index < -0.39 is 16.2 Å². The molecule has 1 aromatic rings. The summed E-state index contributed by atoms with van der Waals surface area (Å²) in [5.74, 6) is -0.534. The third kappa shape index (κ3) is 13.2. The number of unbranched alkanes of at least 4 members (excludes halogenated alkanes) is 1. The van der Waals surface area contributed by atoms with Gasteiger partial charge in [-0.05, 0) is 102 Å². The molecule has 3 fully saturated rings. The summed E-state index contributed by atoms with van der Waals surface area (Å²) in [6, 6.07) is 6.72. The molecule has 0 spiro atoms. The van der Waals surface area contributed by atoms with Gasteiger partial charge in [-0.2, -0.15) is 8.42 Å². The van der Waals surface area contributed by atoms with E-state index in [1.54, 1.807) is 24.3 Å². The number of benzene rings is 1. The van der Waals surface area contributed by atoms with Crippen molar-refractivity contribution in [3.8, 4) is 0 Å². The Kier molecular flexibility index (Phi) is 17.0. The quantitative estimate of drug-likeness (QED) is 0.0634. The fraction of sp³-hybridized carbons (Fsp3) is 0.667. The number of carbonyl (C=O) groups is 1. The van der Waals surface area contributed by atoms with Crippen LogP contribution in [0.1, 0.15) is 96.5 Å². The van der Waals surface area contributed by atoms with E-state index in [4.69, 9.17) is 39.5 Å². The van der Waals surface area contributed by atoms with Crippen LogP contribution in [0.15, 0.2) is 64.6 Å². The number of hydrogen-bond donors (Lipinski definition) is 0. The Bertz CT molecular complexity index is 1360. The zero-order valence-corrected chi connectivity index (χ0v) is 31.7. The standard InChI is InChI=1S/C39H57ClO9S/c1-28-17-21-31(22-18-28)50(42,43)49-36-27-35(48-39-16-10-12-26-46-39)33(32(36)13-7-5-6-8-14-37(41)44-4)23-24-34(29(2)19-20-30(3)40)47-38-15-9-11-25-45-38/h5,7,17-18,20-24,29,32-36,38-39H,6,8-16,19,25-27H2,1-4H3/b7-5-,24-23+,30-20-/t29?,32-,33-,34-,35-,36+,38?,39?/m1/s1. The van der Waals surface area contributed by atoms with Gasteiger partial charge in [0.05, 0.1) is 30.3 Å². The van der Waals surface area contributed by atoms with Gasteiger partial charge in [-0.15, -0.1) is 0 Å². The zero-order chi connectivity index (χ0) is 35.9. The molecule has 50 heavy (non-hydrogen) atoms. The predicted octanol–water partition coefficient (Wildman–Crippen LogP) is 8.54. The maximum atomic E-state index is 13.6. The van der Waals surface area contributed by atoms with Gasteiger partial charge < -0.3 is 23.7 Å². The molecule has 4 rings (SSSR count). The summed E-state index contributed by atoms with van der Waals surface area (Å²) in [4.78, 5) is 11.7. The van der Waals surface area contributed by atoms with E-state index in [-0.39, 0.29) is 53.4 Å². The molecule has 11 heteroatoms.